The molecule has 7 nitrogen and oxygen atoms in total. The van der Waals surface area contributed by atoms with Crippen LogP contribution in [0.2, 0.25) is 5.02 Å². The van der Waals surface area contributed by atoms with E-state index in [2.05, 4.69) is 21.2 Å². The number of rotatable bonds is 12. The number of halogens is 2. The van der Waals surface area contributed by atoms with Gasteiger partial charge in [0.1, 0.15) is 12.6 Å². The Kier molecular flexibility index (Phi) is 11.2. The monoisotopic (exact) mass is 647 g/mol. The second-order valence-corrected chi connectivity index (χ2v) is 12.9. The van der Waals surface area contributed by atoms with Crippen molar-refractivity contribution in [2.75, 3.05) is 17.4 Å². The number of hydrogen-bond donors (Lipinski definition) is 1. The number of sulfonamides is 1. The molecule has 0 bridgehead atoms. The van der Waals surface area contributed by atoms with E-state index in [0.717, 1.165) is 38.3 Å². The lowest BCUT2D eigenvalue weighted by atomic mass is 10.1. The third-order valence-corrected chi connectivity index (χ3v) is 9.23. The Balaban J connectivity index is 2.03. The maximum absolute atomic E-state index is 14.0. The molecule has 0 aliphatic carbocycles. The van der Waals surface area contributed by atoms with Crippen molar-refractivity contribution in [2.24, 2.45) is 0 Å². The van der Waals surface area contributed by atoms with Crippen LogP contribution in [0.1, 0.15) is 43.4 Å². The van der Waals surface area contributed by atoms with Gasteiger partial charge < -0.3 is 10.2 Å². The lowest BCUT2D eigenvalue weighted by Crippen LogP contribution is -2.51. The summed E-state index contributed by atoms with van der Waals surface area (Å²) >= 11 is 9.47. The van der Waals surface area contributed by atoms with Crippen molar-refractivity contribution in [3.63, 3.8) is 0 Å². The third kappa shape index (κ3) is 8.08. The number of carbonyl (C=O) groups is 2. The largest absolute Gasteiger partial charge is 0.354 e. The van der Waals surface area contributed by atoms with Gasteiger partial charge in [0.25, 0.3) is 10.0 Å². The molecular formula is C30H35BrClN3O4S. The molecule has 1 N–H and O–H groups in total. The number of aryl methyl sites for hydroxylation is 2. The van der Waals surface area contributed by atoms with Gasteiger partial charge in [0.15, 0.2) is 0 Å². The van der Waals surface area contributed by atoms with Gasteiger partial charge >= 0.3 is 0 Å². The highest BCUT2D eigenvalue weighted by atomic mass is 79.9. The standard InChI is InChI=1S/C30H35BrClN3O4S/c1-5-6-16-33-30(37)23(4)34(19-24-8-7-9-25(31)18-24)29(36)20-35(27-13-10-21(2)22(3)17-27)40(38,39)28-14-11-26(32)12-15-28/h7-15,17-18,23H,5-6,16,19-20H2,1-4H3,(H,33,37). The van der Waals surface area contributed by atoms with Crippen molar-refractivity contribution in [1.29, 1.82) is 0 Å². The minimum atomic E-state index is -4.15. The van der Waals surface area contributed by atoms with Crippen LogP contribution in [-0.2, 0) is 26.2 Å². The van der Waals surface area contributed by atoms with Gasteiger partial charge in [-0.1, -0.05) is 59.1 Å². The molecule has 0 spiro atoms. The molecule has 0 radical (unpaired) electrons. The summed E-state index contributed by atoms with van der Waals surface area (Å²) in [5, 5.41) is 3.29. The van der Waals surface area contributed by atoms with Crippen LogP contribution in [0.3, 0.4) is 0 Å². The minimum Gasteiger partial charge on any atom is -0.354 e. The number of hydrogen-bond acceptors (Lipinski definition) is 4. The van der Waals surface area contributed by atoms with E-state index in [-0.39, 0.29) is 17.3 Å². The van der Waals surface area contributed by atoms with Crippen LogP contribution >= 0.6 is 27.5 Å². The van der Waals surface area contributed by atoms with Gasteiger partial charge in [-0.15, -0.1) is 0 Å². The van der Waals surface area contributed by atoms with Crippen LogP contribution in [0, 0.1) is 13.8 Å². The molecule has 0 aromatic heterocycles. The quantitative estimate of drug-likeness (QED) is 0.235. The van der Waals surface area contributed by atoms with E-state index >= 15 is 0 Å². The first-order valence-corrected chi connectivity index (χ1v) is 15.7. The zero-order chi connectivity index (χ0) is 29.4. The van der Waals surface area contributed by atoms with Crippen molar-refractivity contribution < 1.29 is 18.0 Å². The van der Waals surface area contributed by atoms with E-state index in [9.17, 15) is 18.0 Å². The Morgan fingerprint density at radius 2 is 1.70 bits per heavy atom. The summed E-state index contributed by atoms with van der Waals surface area (Å²) in [6, 6.07) is 17.7. The van der Waals surface area contributed by atoms with Gasteiger partial charge in [-0.3, -0.25) is 13.9 Å². The van der Waals surface area contributed by atoms with E-state index in [1.165, 1.54) is 29.2 Å². The molecule has 40 heavy (non-hydrogen) atoms. The van der Waals surface area contributed by atoms with Crippen LogP contribution in [0.5, 0.6) is 0 Å². The van der Waals surface area contributed by atoms with Gasteiger partial charge in [0, 0.05) is 22.6 Å². The number of unbranched alkanes of at least 4 members (excludes halogenated alkanes) is 1. The summed E-state index contributed by atoms with van der Waals surface area (Å²) in [6.07, 6.45) is 1.74. The van der Waals surface area contributed by atoms with Crippen LogP contribution in [0.25, 0.3) is 0 Å². The van der Waals surface area contributed by atoms with Gasteiger partial charge in [0.05, 0.1) is 10.6 Å². The summed E-state index contributed by atoms with van der Waals surface area (Å²) in [5.74, 6) is -0.802. The normalized spacial score (nSPS) is 12.1. The number of benzene rings is 3. The third-order valence-electron chi connectivity index (χ3n) is 6.70. The van der Waals surface area contributed by atoms with Crippen molar-refractivity contribution in [3.8, 4) is 0 Å². The first-order valence-electron chi connectivity index (χ1n) is 13.1. The number of amides is 2. The first kappa shape index (κ1) is 31.6. The Morgan fingerprint density at radius 3 is 2.33 bits per heavy atom. The molecular weight excluding hydrogens is 614 g/mol. The predicted octanol–water partition coefficient (Wildman–Crippen LogP) is 6.25. The lowest BCUT2D eigenvalue weighted by Gasteiger charge is -2.32. The van der Waals surface area contributed by atoms with Gasteiger partial charge in [-0.25, -0.2) is 8.42 Å². The Bertz CT molecular complexity index is 1450. The molecule has 1 atom stereocenters. The summed E-state index contributed by atoms with van der Waals surface area (Å²) < 4.78 is 29.7. The predicted molar refractivity (Wildman–Crippen MR) is 164 cm³/mol. The molecule has 214 valence electrons. The summed E-state index contributed by atoms with van der Waals surface area (Å²) in [4.78, 5) is 28.5. The molecule has 1 unspecified atom stereocenters. The Hall–Kier alpha value is -2.88. The fraction of sp³-hybridized carbons (Fsp3) is 0.333. The molecule has 0 heterocycles. The van der Waals surface area contributed by atoms with Crippen molar-refractivity contribution in [2.45, 2.75) is 58.0 Å². The van der Waals surface area contributed by atoms with Crippen molar-refractivity contribution in [1.82, 2.24) is 10.2 Å². The topological polar surface area (TPSA) is 86.8 Å². The number of nitrogens with one attached hydrogen (secondary N) is 1. The van der Waals surface area contributed by atoms with Gasteiger partial charge in [-0.05, 0) is 92.4 Å². The Morgan fingerprint density at radius 1 is 1.00 bits per heavy atom. The second kappa shape index (κ2) is 14.1. The smallest absolute Gasteiger partial charge is 0.264 e. The van der Waals surface area contributed by atoms with Gasteiger partial charge in [0.2, 0.25) is 11.8 Å². The average molecular weight is 649 g/mol. The SMILES string of the molecule is CCCCNC(=O)C(C)N(Cc1cccc(Br)c1)C(=O)CN(c1ccc(C)c(C)c1)S(=O)(=O)c1ccc(Cl)cc1. The van der Waals surface area contributed by atoms with E-state index in [1.807, 2.05) is 51.1 Å². The van der Waals surface area contributed by atoms with Crippen molar-refractivity contribution >= 4 is 55.1 Å². The molecule has 0 fully saturated rings. The maximum atomic E-state index is 14.0. The minimum absolute atomic E-state index is 0.00632. The van der Waals surface area contributed by atoms with E-state index in [1.54, 1.807) is 19.1 Å². The van der Waals surface area contributed by atoms with Crippen LogP contribution in [0.4, 0.5) is 5.69 Å². The maximum Gasteiger partial charge on any atom is 0.264 e. The summed E-state index contributed by atoms with van der Waals surface area (Å²) in [7, 11) is -4.15. The molecule has 2 amide bonds. The number of nitrogens with zero attached hydrogens (tertiary/aromatic N) is 2. The fourth-order valence-electron chi connectivity index (χ4n) is 4.09. The van der Waals surface area contributed by atoms with E-state index in [0.29, 0.717) is 17.3 Å². The highest BCUT2D eigenvalue weighted by Gasteiger charge is 2.32. The highest BCUT2D eigenvalue weighted by Crippen LogP contribution is 2.27. The molecule has 0 saturated heterocycles. The van der Waals surface area contributed by atoms with Crippen LogP contribution < -0.4 is 9.62 Å². The highest BCUT2D eigenvalue weighted by molar-refractivity contribution is 9.10. The second-order valence-electron chi connectivity index (χ2n) is 9.71. The summed E-state index contributed by atoms with van der Waals surface area (Å²) in [5.41, 5.74) is 3.03. The molecule has 0 aliphatic heterocycles. The van der Waals surface area contributed by atoms with E-state index in [4.69, 9.17) is 11.6 Å². The average Bonchev–Trinajstić information content (AvgIpc) is 2.91. The van der Waals surface area contributed by atoms with Crippen LogP contribution in [-0.4, -0.2) is 44.3 Å². The molecule has 0 aliphatic rings. The Labute approximate surface area is 250 Å². The van der Waals surface area contributed by atoms with Crippen LogP contribution in [0.15, 0.2) is 76.1 Å². The lowest BCUT2D eigenvalue weighted by molar-refractivity contribution is -0.139. The zero-order valence-corrected chi connectivity index (χ0v) is 26.3. The number of anilines is 1. The fourth-order valence-corrected chi connectivity index (χ4v) is 6.07. The molecule has 0 saturated carbocycles. The molecule has 10 heteroatoms. The van der Waals surface area contributed by atoms with Gasteiger partial charge in [-0.2, -0.15) is 0 Å². The summed E-state index contributed by atoms with van der Waals surface area (Å²) in [6.45, 7) is 7.64. The molecule has 3 rings (SSSR count). The van der Waals surface area contributed by atoms with Crippen molar-refractivity contribution in [3.05, 3.63) is 92.9 Å². The molecule has 3 aromatic rings. The number of carbonyl (C=O) groups excluding carboxylic acids is 2. The zero-order valence-electron chi connectivity index (χ0n) is 23.2. The molecule has 3 aromatic carbocycles. The first-order chi connectivity index (χ1) is 18.9. The van der Waals surface area contributed by atoms with E-state index < -0.39 is 28.5 Å².